The first-order chi connectivity index (χ1) is 7.99. The fourth-order valence-corrected chi connectivity index (χ4v) is 1.50. The maximum absolute atomic E-state index is 11.7. The van der Waals surface area contributed by atoms with Gasteiger partial charge in [-0.3, -0.25) is 14.5 Å². The van der Waals surface area contributed by atoms with Gasteiger partial charge in [-0.05, 0) is 33.0 Å². The Kier molecular flexibility index (Phi) is 4.90. The van der Waals surface area contributed by atoms with Crippen molar-refractivity contribution in [3.63, 3.8) is 0 Å². The molecule has 0 bridgehead atoms. The predicted octanol–water partition coefficient (Wildman–Crippen LogP) is 0.654. The number of H-pyrrole nitrogens is 1. The zero-order chi connectivity index (χ0) is 12.8. The molecule has 94 valence electrons. The molecule has 0 radical (unpaired) electrons. The van der Waals surface area contributed by atoms with Crippen LogP contribution in [0.25, 0.3) is 0 Å². The second-order valence-electron chi connectivity index (χ2n) is 4.40. The van der Waals surface area contributed by atoms with E-state index in [0.29, 0.717) is 5.69 Å². The molecule has 1 aromatic heterocycles. The Bertz CT molecular complexity index is 371. The van der Waals surface area contributed by atoms with E-state index in [1.165, 1.54) is 0 Å². The largest absolute Gasteiger partial charge is 0.359 e. The van der Waals surface area contributed by atoms with Crippen molar-refractivity contribution in [3.05, 3.63) is 24.0 Å². The molecule has 0 unspecified atom stereocenters. The SMILES string of the molecule is CC(C)NC(=O)CN(C)CC(=O)c1ccc[nH]1. The van der Waals surface area contributed by atoms with Gasteiger partial charge in [0.2, 0.25) is 5.91 Å². The number of carbonyl (C=O) groups excluding carboxylic acids is 2. The summed E-state index contributed by atoms with van der Waals surface area (Å²) in [6.45, 7) is 4.26. The number of nitrogens with one attached hydrogen (secondary N) is 2. The van der Waals surface area contributed by atoms with Crippen molar-refractivity contribution in [2.24, 2.45) is 0 Å². The molecule has 0 aromatic carbocycles. The molecule has 0 aliphatic carbocycles. The van der Waals surface area contributed by atoms with Crippen LogP contribution in [0.5, 0.6) is 0 Å². The van der Waals surface area contributed by atoms with Crippen LogP contribution in [0, 0.1) is 0 Å². The third-order valence-corrected chi connectivity index (χ3v) is 2.18. The molecule has 0 aliphatic heterocycles. The molecule has 2 N–H and O–H groups in total. The van der Waals surface area contributed by atoms with E-state index in [0.717, 1.165) is 0 Å². The van der Waals surface area contributed by atoms with Gasteiger partial charge in [0, 0.05) is 12.2 Å². The van der Waals surface area contributed by atoms with Crippen molar-refractivity contribution in [3.8, 4) is 0 Å². The number of hydrogen-bond acceptors (Lipinski definition) is 3. The molecular weight excluding hydrogens is 218 g/mol. The highest BCUT2D eigenvalue weighted by molar-refractivity contribution is 5.96. The van der Waals surface area contributed by atoms with E-state index < -0.39 is 0 Å². The van der Waals surface area contributed by atoms with E-state index in [2.05, 4.69) is 10.3 Å². The topological polar surface area (TPSA) is 65.2 Å². The summed E-state index contributed by atoms with van der Waals surface area (Å²) in [4.78, 5) is 27.7. The summed E-state index contributed by atoms with van der Waals surface area (Å²) in [5, 5.41) is 2.78. The first-order valence-electron chi connectivity index (χ1n) is 5.63. The van der Waals surface area contributed by atoms with Crippen LogP contribution in [0.3, 0.4) is 0 Å². The highest BCUT2D eigenvalue weighted by Gasteiger charge is 2.12. The van der Waals surface area contributed by atoms with Crippen LogP contribution in [-0.2, 0) is 4.79 Å². The number of Topliss-reactive ketones (excluding diaryl/α,β-unsaturated/α-hetero) is 1. The summed E-state index contributed by atoms with van der Waals surface area (Å²) >= 11 is 0. The Hall–Kier alpha value is -1.62. The molecule has 0 atom stereocenters. The van der Waals surface area contributed by atoms with Gasteiger partial charge in [-0.2, -0.15) is 0 Å². The van der Waals surface area contributed by atoms with Crippen molar-refractivity contribution < 1.29 is 9.59 Å². The molecule has 17 heavy (non-hydrogen) atoms. The predicted molar refractivity (Wildman–Crippen MR) is 65.9 cm³/mol. The number of carbonyl (C=O) groups is 2. The second-order valence-corrected chi connectivity index (χ2v) is 4.40. The highest BCUT2D eigenvalue weighted by atomic mass is 16.2. The van der Waals surface area contributed by atoms with Gasteiger partial charge in [0.1, 0.15) is 0 Å². The number of aromatic amines is 1. The Balaban J connectivity index is 2.37. The standard InChI is InChI=1S/C12H19N3O2/c1-9(2)14-12(17)8-15(3)7-11(16)10-5-4-6-13-10/h4-6,9,13H,7-8H2,1-3H3,(H,14,17). The van der Waals surface area contributed by atoms with Gasteiger partial charge in [-0.1, -0.05) is 0 Å². The van der Waals surface area contributed by atoms with Gasteiger partial charge in [0.05, 0.1) is 18.8 Å². The minimum absolute atomic E-state index is 0.0187. The van der Waals surface area contributed by atoms with Crippen LogP contribution in [0.4, 0.5) is 0 Å². The Morgan fingerprint density at radius 3 is 2.65 bits per heavy atom. The quantitative estimate of drug-likeness (QED) is 0.714. The van der Waals surface area contributed by atoms with E-state index >= 15 is 0 Å². The lowest BCUT2D eigenvalue weighted by molar-refractivity contribution is -0.122. The molecule has 0 saturated heterocycles. The Morgan fingerprint density at radius 1 is 1.41 bits per heavy atom. The zero-order valence-electron chi connectivity index (χ0n) is 10.5. The summed E-state index contributed by atoms with van der Waals surface area (Å²) in [6.07, 6.45) is 1.71. The molecular formula is C12H19N3O2. The van der Waals surface area contributed by atoms with E-state index in [1.54, 1.807) is 30.3 Å². The van der Waals surface area contributed by atoms with Crippen molar-refractivity contribution in [1.29, 1.82) is 0 Å². The maximum Gasteiger partial charge on any atom is 0.234 e. The van der Waals surface area contributed by atoms with Crippen molar-refractivity contribution >= 4 is 11.7 Å². The summed E-state index contributed by atoms with van der Waals surface area (Å²) in [5.41, 5.74) is 0.570. The summed E-state index contributed by atoms with van der Waals surface area (Å²) in [6, 6.07) is 3.62. The van der Waals surface area contributed by atoms with Crippen LogP contribution in [0.2, 0.25) is 0 Å². The number of aromatic nitrogens is 1. The van der Waals surface area contributed by atoms with Crippen molar-refractivity contribution in [2.75, 3.05) is 20.1 Å². The number of likely N-dealkylation sites (N-methyl/N-ethyl adjacent to an activating group) is 1. The van der Waals surface area contributed by atoms with Crippen LogP contribution in [0.15, 0.2) is 18.3 Å². The smallest absolute Gasteiger partial charge is 0.234 e. The van der Waals surface area contributed by atoms with Crippen LogP contribution in [-0.4, -0.2) is 47.8 Å². The lowest BCUT2D eigenvalue weighted by Gasteiger charge is -2.16. The maximum atomic E-state index is 11.7. The fourth-order valence-electron chi connectivity index (χ4n) is 1.50. The molecule has 0 aliphatic rings. The number of hydrogen-bond donors (Lipinski definition) is 2. The minimum atomic E-state index is -0.0678. The van der Waals surface area contributed by atoms with Crippen molar-refractivity contribution in [2.45, 2.75) is 19.9 Å². The molecule has 1 aromatic rings. The number of rotatable bonds is 6. The molecule has 1 amide bonds. The fraction of sp³-hybridized carbons (Fsp3) is 0.500. The number of nitrogens with zero attached hydrogens (tertiary/aromatic N) is 1. The van der Waals surface area contributed by atoms with E-state index in [-0.39, 0.29) is 30.8 Å². The first-order valence-corrected chi connectivity index (χ1v) is 5.63. The minimum Gasteiger partial charge on any atom is -0.359 e. The highest BCUT2D eigenvalue weighted by Crippen LogP contribution is 1.97. The van der Waals surface area contributed by atoms with Gasteiger partial charge in [-0.25, -0.2) is 0 Å². The van der Waals surface area contributed by atoms with Crippen LogP contribution in [0.1, 0.15) is 24.3 Å². The monoisotopic (exact) mass is 237 g/mol. The molecule has 0 saturated carbocycles. The van der Waals surface area contributed by atoms with E-state index in [9.17, 15) is 9.59 Å². The van der Waals surface area contributed by atoms with Crippen molar-refractivity contribution in [1.82, 2.24) is 15.2 Å². The Labute approximate surface area is 101 Å². The third-order valence-electron chi connectivity index (χ3n) is 2.18. The molecule has 5 nitrogen and oxygen atoms in total. The molecule has 1 heterocycles. The van der Waals surface area contributed by atoms with Gasteiger partial charge < -0.3 is 10.3 Å². The molecule has 0 spiro atoms. The van der Waals surface area contributed by atoms with Gasteiger partial charge in [0.15, 0.2) is 5.78 Å². The summed E-state index contributed by atoms with van der Waals surface area (Å²) in [7, 11) is 1.75. The van der Waals surface area contributed by atoms with Crippen LogP contribution >= 0.6 is 0 Å². The lowest BCUT2D eigenvalue weighted by Crippen LogP contribution is -2.40. The average molecular weight is 237 g/mol. The van der Waals surface area contributed by atoms with Crippen LogP contribution < -0.4 is 5.32 Å². The normalized spacial score (nSPS) is 10.9. The first kappa shape index (κ1) is 13.4. The Morgan fingerprint density at radius 2 is 2.12 bits per heavy atom. The average Bonchev–Trinajstić information content (AvgIpc) is 2.67. The van der Waals surface area contributed by atoms with Gasteiger partial charge in [-0.15, -0.1) is 0 Å². The zero-order valence-corrected chi connectivity index (χ0v) is 10.5. The molecule has 5 heteroatoms. The molecule has 0 fully saturated rings. The van der Waals surface area contributed by atoms with Gasteiger partial charge in [0.25, 0.3) is 0 Å². The lowest BCUT2D eigenvalue weighted by atomic mass is 10.2. The second kappa shape index (κ2) is 6.20. The summed E-state index contributed by atoms with van der Waals surface area (Å²) in [5.74, 6) is -0.0865. The van der Waals surface area contributed by atoms with E-state index in [4.69, 9.17) is 0 Å². The third kappa shape index (κ3) is 4.82. The number of ketones is 1. The van der Waals surface area contributed by atoms with E-state index in [1.807, 2.05) is 13.8 Å². The van der Waals surface area contributed by atoms with Gasteiger partial charge >= 0.3 is 0 Å². The molecule has 1 rings (SSSR count). The summed E-state index contributed by atoms with van der Waals surface area (Å²) < 4.78 is 0. The number of amides is 1.